The van der Waals surface area contributed by atoms with E-state index in [-0.39, 0.29) is 11.5 Å². The molecule has 1 N–H and O–H groups in total. The first-order chi connectivity index (χ1) is 15.5. The molecule has 1 amide bonds. The number of aromatic nitrogens is 2. The minimum Gasteiger partial charge on any atom is -0.497 e. The van der Waals surface area contributed by atoms with Crippen molar-refractivity contribution in [3.63, 3.8) is 0 Å². The lowest BCUT2D eigenvalue weighted by Gasteiger charge is -2.29. The molecule has 0 aliphatic carbocycles. The normalized spacial score (nSPS) is 14.6. The number of hydrogen-bond donors (Lipinski definition) is 1. The zero-order chi connectivity index (χ0) is 22.5. The van der Waals surface area contributed by atoms with Crippen LogP contribution in [0.1, 0.15) is 13.0 Å². The van der Waals surface area contributed by atoms with Gasteiger partial charge in [0.2, 0.25) is 5.91 Å². The number of carbonyl (C=O) groups is 1. The molecule has 1 atom stereocenters. The predicted molar refractivity (Wildman–Crippen MR) is 123 cm³/mol. The summed E-state index contributed by atoms with van der Waals surface area (Å²) >= 11 is 0. The second-order valence-electron chi connectivity index (χ2n) is 7.54. The van der Waals surface area contributed by atoms with Crippen LogP contribution < -0.4 is 20.5 Å². The second-order valence-corrected chi connectivity index (χ2v) is 7.54. The van der Waals surface area contributed by atoms with Gasteiger partial charge < -0.3 is 19.7 Å². The minimum absolute atomic E-state index is 0.314. The van der Waals surface area contributed by atoms with Gasteiger partial charge in [0.25, 0.3) is 5.56 Å². The summed E-state index contributed by atoms with van der Waals surface area (Å²) in [5.74, 6) is 0.417. The third-order valence-corrected chi connectivity index (χ3v) is 5.47. The summed E-state index contributed by atoms with van der Waals surface area (Å²) in [6.07, 6.45) is 0. The van der Waals surface area contributed by atoms with E-state index in [0.29, 0.717) is 24.6 Å². The van der Waals surface area contributed by atoms with Gasteiger partial charge in [0.1, 0.15) is 11.8 Å². The minimum atomic E-state index is -0.778. The topological polar surface area (TPSA) is 85.7 Å². The Balaban J connectivity index is 1.47. The van der Waals surface area contributed by atoms with Crippen LogP contribution in [0.2, 0.25) is 0 Å². The summed E-state index contributed by atoms with van der Waals surface area (Å²) in [6.45, 7) is 4.79. The van der Waals surface area contributed by atoms with Gasteiger partial charge in [-0.1, -0.05) is 0 Å². The number of nitrogens with zero attached hydrogens (tertiary/aromatic N) is 3. The molecule has 3 aromatic rings. The number of benzene rings is 2. The molecule has 2 heterocycles. The largest absolute Gasteiger partial charge is 0.497 e. The van der Waals surface area contributed by atoms with Gasteiger partial charge in [-0.25, -0.2) is 4.68 Å². The molecule has 0 spiro atoms. The summed E-state index contributed by atoms with van der Waals surface area (Å²) in [4.78, 5) is 27.5. The highest BCUT2D eigenvalue weighted by Gasteiger charge is 2.19. The van der Waals surface area contributed by atoms with Crippen molar-refractivity contribution in [1.82, 2.24) is 9.78 Å². The molecule has 0 radical (unpaired) electrons. The molecule has 4 rings (SSSR count). The number of nitrogens with one attached hydrogen (secondary N) is 1. The summed E-state index contributed by atoms with van der Waals surface area (Å²) in [6, 6.07) is 17.3. The Morgan fingerprint density at radius 1 is 1.03 bits per heavy atom. The van der Waals surface area contributed by atoms with E-state index in [1.54, 1.807) is 20.1 Å². The van der Waals surface area contributed by atoms with E-state index in [1.165, 1.54) is 10.7 Å². The first kappa shape index (κ1) is 21.6. The molecule has 1 fully saturated rings. The molecular formula is C24H26N4O4. The smallest absolute Gasteiger partial charge is 0.267 e. The molecule has 2 aromatic carbocycles. The quantitative estimate of drug-likeness (QED) is 0.642. The molecule has 0 saturated carbocycles. The average molecular weight is 434 g/mol. The van der Waals surface area contributed by atoms with Crippen LogP contribution >= 0.6 is 0 Å². The molecule has 1 aliphatic rings. The lowest BCUT2D eigenvalue weighted by Crippen LogP contribution is -2.36. The van der Waals surface area contributed by atoms with Crippen LogP contribution in [0.15, 0.2) is 65.5 Å². The highest BCUT2D eigenvalue weighted by molar-refractivity contribution is 5.93. The summed E-state index contributed by atoms with van der Waals surface area (Å²) in [5, 5.41) is 7.29. The van der Waals surface area contributed by atoms with Crippen LogP contribution in [0.3, 0.4) is 0 Å². The SMILES string of the molecule is COc1ccc(-c2ccc(=O)n(C(C)C(=O)Nc3ccc(N4CCOCC4)cc3)n2)cc1. The van der Waals surface area contributed by atoms with Gasteiger partial charge in [-0.3, -0.25) is 9.59 Å². The van der Waals surface area contributed by atoms with E-state index in [2.05, 4.69) is 15.3 Å². The number of ether oxygens (including phenoxy) is 2. The van der Waals surface area contributed by atoms with Gasteiger partial charge in [0.05, 0.1) is 26.0 Å². The summed E-state index contributed by atoms with van der Waals surface area (Å²) < 4.78 is 11.8. The van der Waals surface area contributed by atoms with Crippen LogP contribution in [0.4, 0.5) is 11.4 Å². The maximum atomic E-state index is 12.8. The van der Waals surface area contributed by atoms with Crippen LogP contribution in [-0.2, 0) is 9.53 Å². The van der Waals surface area contributed by atoms with Crippen LogP contribution in [0.25, 0.3) is 11.3 Å². The molecule has 1 aromatic heterocycles. The third-order valence-electron chi connectivity index (χ3n) is 5.47. The Labute approximate surface area is 186 Å². The Morgan fingerprint density at radius 2 is 1.72 bits per heavy atom. The fourth-order valence-electron chi connectivity index (χ4n) is 3.55. The zero-order valence-electron chi connectivity index (χ0n) is 18.2. The third kappa shape index (κ3) is 4.81. The second kappa shape index (κ2) is 9.65. The van der Waals surface area contributed by atoms with Crippen LogP contribution in [0.5, 0.6) is 5.75 Å². The van der Waals surface area contributed by atoms with Gasteiger partial charge in [0.15, 0.2) is 0 Å². The van der Waals surface area contributed by atoms with Gasteiger partial charge in [-0.2, -0.15) is 5.10 Å². The van der Waals surface area contributed by atoms with E-state index in [1.807, 2.05) is 48.5 Å². The van der Waals surface area contributed by atoms with Crippen molar-refractivity contribution in [1.29, 1.82) is 0 Å². The Bertz CT molecular complexity index is 1120. The lowest BCUT2D eigenvalue weighted by molar-refractivity contribution is -0.119. The maximum absolute atomic E-state index is 12.8. The van der Waals surface area contributed by atoms with Crippen molar-refractivity contribution in [2.24, 2.45) is 0 Å². The van der Waals surface area contributed by atoms with Crippen LogP contribution in [-0.4, -0.2) is 49.1 Å². The highest BCUT2D eigenvalue weighted by Crippen LogP contribution is 2.21. The van der Waals surface area contributed by atoms with E-state index >= 15 is 0 Å². The molecule has 0 bridgehead atoms. The zero-order valence-corrected chi connectivity index (χ0v) is 18.2. The molecule has 166 valence electrons. The molecule has 32 heavy (non-hydrogen) atoms. The lowest BCUT2D eigenvalue weighted by atomic mass is 10.1. The molecule has 1 unspecified atom stereocenters. The number of rotatable bonds is 6. The Hall–Kier alpha value is -3.65. The van der Waals surface area contributed by atoms with E-state index in [9.17, 15) is 9.59 Å². The Kier molecular flexibility index (Phi) is 6.51. The maximum Gasteiger partial charge on any atom is 0.267 e. The fraction of sp³-hybridized carbons (Fsp3) is 0.292. The van der Waals surface area contributed by atoms with Gasteiger partial charge in [0, 0.05) is 36.1 Å². The monoisotopic (exact) mass is 434 g/mol. The van der Waals surface area contributed by atoms with Crippen molar-refractivity contribution in [3.05, 3.63) is 71.0 Å². The van der Waals surface area contributed by atoms with E-state index in [0.717, 1.165) is 30.1 Å². The van der Waals surface area contributed by atoms with Crippen molar-refractivity contribution < 1.29 is 14.3 Å². The first-order valence-electron chi connectivity index (χ1n) is 10.5. The fourth-order valence-corrected chi connectivity index (χ4v) is 3.55. The van der Waals surface area contributed by atoms with Crippen LogP contribution in [0, 0.1) is 0 Å². The van der Waals surface area contributed by atoms with Crippen molar-refractivity contribution in [2.75, 3.05) is 43.6 Å². The van der Waals surface area contributed by atoms with E-state index in [4.69, 9.17) is 9.47 Å². The molecule has 8 heteroatoms. The predicted octanol–water partition coefficient (Wildman–Crippen LogP) is 2.96. The first-order valence-corrected chi connectivity index (χ1v) is 10.5. The van der Waals surface area contributed by atoms with Gasteiger partial charge in [-0.15, -0.1) is 0 Å². The number of amides is 1. The Morgan fingerprint density at radius 3 is 2.38 bits per heavy atom. The summed E-state index contributed by atoms with van der Waals surface area (Å²) in [5.41, 5.74) is 2.84. The number of anilines is 2. The highest BCUT2D eigenvalue weighted by atomic mass is 16.5. The van der Waals surface area contributed by atoms with E-state index < -0.39 is 6.04 Å². The number of carbonyl (C=O) groups excluding carboxylic acids is 1. The van der Waals surface area contributed by atoms with Gasteiger partial charge >= 0.3 is 0 Å². The van der Waals surface area contributed by atoms with Gasteiger partial charge in [-0.05, 0) is 61.5 Å². The average Bonchev–Trinajstić information content (AvgIpc) is 2.85. The van der Waals surface area contributed by atoms with Crippen molar-refractivity contribution in [3.8, 4) is 17.0 Å². The molecule has 1 saturated heterocycles. The molecule has 8 nitrogen and oxygen atoms in total. The molecule has 1 aliphatic heterocycles. The summed E-state index contributed by atoms with van der Waals surface area (Å²) in [7, 11) is 1.60. The van der Waals surface area contributed by atoms with Crippen molar-refractivity contribution in [2.45, 2.75) is 13.0 Å². The molecular weight excluding hydrogens is 408 g/mol. The number of morpholine rings is 1. The number of methoxy groups -OCH3 is 1. The van der Waals surface area contributed by atoms with Crippen molar-refractivity contribution >= 4 is 17.3 Å². The number of hydrogen-bond acceptors (Lipinski definition) is 6. The standard InChI is InChI=1S/C24H26N4O4/c1-17(24(30)25-19-5-7-20(8-6-19)27-13-15-32-16-14-27)28-23(29)12-11-22(26-28)18-3-9-21(31-2)10-4-18/h3-12,17H,13-16H2,1-2H3,(H,25,30).